The van der Waals surface area contributed by atoms with E-state index in [0.717, 1.165) is 17.9 Å². The summed E-state index contributed by atoms with van der Waals surface area (Å²) in [6.07, 6.45) is 2.16. The van der Waals surface area contributed by atoms with Crippen LogP contribution in [0.1, 0.15) is 20.3 Å². The van der Waals surface area contributed by atoms with Crippen molar-refractivity contribution in [1.29, 1.82) is 0 Å². The van der Waals surface area contributed by atoms with Gasteiger partial charge in [-0.05, 0) is 37.3 Å². The molecule has 0 amide bonds. The number of ether oxygens (including phenoxy) is 4. The van der Waals surface area contributed by atoms with Crippen molar-refractivity contribution in [3.8, 4) is 17.4 Å². The molecule has 1 heterocycles. The van der Waals surface area contributed by atoms with Crippen LogP contribution in [0.4, 0.5) is 0 Å². The van der Waals surface area contributed by atoms with Crippen LogP contribution < -0.4 is 14.2 Å². The molecule has 0 saturated carbocycles. The molecule has 1 aromatic carbocycles. The van der Waals surface area contributed by atoms with Crippen molar-refractivity contribution in [2.45, 2.75) is 32.7 Å². The molecule has 2 rings (SSSR count). The zero-order chi connectivity index (χ0) is 16.5. The van der Waals surface area contributed by atoms with Gasteiger partial charge in [-0.25, -0.2) is 4.98 Å². The molecule has 0 radical (unpaired) electrons. The summed E-state index contributed by atoms with van der Waals surface area (Å²) in [5.74, 6) is 2.11. The molecule has 5 heteroatoms. The van der Waals surface area contributed by atoms with Crippen LogP contribution in [-0.2, 0) is 4.74 Å². The molecule has 0 saturated heterocycles. The van der Waals surface area contributed by atoms with E-state index in [-0.39, 0.29) is 12.4 Å². The summed E-state index contributed by atoms with van der Waals surface area (Å²) in [5.41, 5.74) is 0. The lowest BCUT2D eigenvalue weighted by molar-refractivity contribution is -0.0548. The van der Waals surface area contributed by atoms with E-state index in [1.165, 1.54) is 0 Å². The summed E-state index contributed by atoms with van der Waals surface area (Å²) < 4.78 is 22.2. The van der Waals surface area contributed by atoms with Crippen molar-refractivity contribution in [1.82, 2.24) is 4.98 Å². The highest BCUT2D eigenvalue weighted by Gasteiger charge is 2.08. The Bertz CT molecular complexity index is 555. The number of hydrogen-bond donors (Lipinski definition) is 0. The first-order valence-electron chi connectivity index (χ1n) is 7.71. The number of aromatic nitrogens is 1. The number of nitrogens with zero attached hydrogens (tertiary/aromatic N) is 1. The Morgan fingerprint density at radius 1 is 1.00 bits per heavy atom. The van der Waals surface area contributed by atoms with Gasteiger partial charge in [0.15, 0.2) is 6.29 Å². The zero-order valence-corrected chi connectivity index (χ0v) is 13.8. The van der Waals surface area contributed by atoms with Gasteiger partial charge < -0.3 is 18.9 Å². The fourth-order valence-electron chi connectivity index (χ4n) is 1.93. The second-order valence-electron chi connectivity index (χ2n) is 5.07. The van der Waals surface area contributed by atoms with Crippen molar-refractivity contribution in [2.75, 3.05) is 13.7 Å². The molecule has 1 aromatic heterocycles. The first-order chi connectivity index (χ1) is 11.2. The molecule has 0 fully saturated rings. The summed E-state index contributed by atoms with van der Waals surface area (Å²) in [4.78, 5) is 4.12. The van der Waals surface area contributed by atoms with Crippen LogP contribution >= 0.6 is 0 Å². The fraction of sp³-hybridized carbons (Fsp3) is 0.389. The summed E-state index contributed by atoms with van der Waals surface area (Å²) in [5, 5.41) is 0. The smallest absolute Gasteiger partial charge is 0.213 e. The molecular weight excluding hydrogens is 294 g/mol. The maximum absolute atomic E-state index is 5.71. The number of methoxy groups -OCH3 is 1. The third-order valence-electron chi connectivity index (χ3n) is 3.13. The van der Waals surface area contributed by atoms with E-state index < -0.39 is 0 Å². The highest BCUT2D eigenvalue weighted by molar-refractivity contribution is 5.31. The maximum Gasteiger partial charge on any atom is 0.213 e. The highest BCUT2D eigenvalue weighted by Crippen LogP contribution is 2.20. The predicted octanol–water partition coefficient (Wildman–Crippen LogP) is 3.69. The minimum Gasteiger partial charge on any atom is -0.490 e. The lowest BCUT2D eigenvalue weighted by Crippen LogP contribution is -2.21. The first kappa shape index (κ1) is 17.1. The van der Waals surface area contributed by atoms with E-state index >= 15 is 0 Å². The van der Waals surface area contributed by atoms with Gasteiger partial charge in [0.25, 0.3) is 0 Å². The van der Waals surface area contributed by atoms with Crippen molar-refractivity contribution in [2.24, 2.45) is 0 Å². The van der Waals surface area contributed by atoms with Crippen LogP contribution in [0.15, 0.2) is 48.7 Å². The van der Waals surface area contributed by atoms with Crippen LogP contribution in [0.3, 0.4) is 0 Å². The van der Waals surface area contributed by atoms with E-state index in [4.69, 9.17) is 18.9 Å². The Labute approximate surface area is 137 Å². The SMILES string of the molecule is CCC(OC)Oc1ccc(OCC(C)Oc2ccccn2)cc1. The molecular formula is C18H23NO4. The standard InChI is InChI=1S/C18H23NO4/c1-4-18(20-3)23-16-10-8-15(9-11-16)21-13-14(2)22-17-7-5-6-12-19-17/h5-12,14,18H,4,13H2,1-3H3. The zero-order valence-electron chi connectivity index (χ0n) is 13.8. The lowest BCUT2D eigenvalue weighted by atomic mass is 10.3. The van der Waals surface area contributed by atoms with E-state index in [9.17, 15) is 0 Å². The molecule has 0 aliphatic carbocycles. The van der Waals surface area contributed by atoms with Gasteiger partial charge in [0, 0.05) is 25.8 Å². The lowest BCUT2D eigenvalue weighted by Gasteiger charge is -2.17. The molecule has 2 aromatic rings. The van der Waals surface area contributed by atoms with E-state index in [2.05, 4.69) is 4.98 Å². The van der Waals surface area contributed by atoms with E-state index in [1.54, 1.807) is 13.3 Å². The van der Waals surface area contributed by atoms with Gasteiger partial charge in [0.1, 0.15) is 24.2 Å². The first-order valence-corrected chi connectivity index (χ1v) is 7.71. The van der Waals surface area contributed by atoms with Gasteiger partial charge in [0.2, 0.25) is 5.88 Å². The third kappa shape index (κ3) is 5.79. The molecule has 0 N–H and O–H groups in total. The predicted molar refractivity (Wildman–Crippen MR) is 88.0 cm³/mol. The molecule has 0 spiro atoms. The third-order valence-corrected chi connectivity index (χ3v) is 3.13. The van der Waals surface area contributed by atoms with Crippen molar-refractivity contribution >= 4 is 0 Å². The van der Waals surface area contributed by atoms with Gasteiger partial charge in [-0.1, -0.05) is 13.0 Å². The second kappa shape index (κ2) is 9.00. The summed E-state index contributed by atoms with van der Waals surface area (Å²) in [7, 11) is 1.63. The number of pyridine rings is 1. The molecule has 23 heavy (non-hydrogen) atoms. The van der Waals surface area contributed by atoms with E-state index in [1.807, 2.05) is 56.3 Å². The number of rotatable bonds is 9. The average Bonchev–Trinajstić information content (AvgIpc) is 2.60. The Balaban J connectivity index is 1.79. The van der Waals surface area contributed by atoms with Crippen LogP contribution in [0, 0.1) is 0 Å². The van der Waals surface area contributed by atoms with Gasteiger partial charge in [0.05, 0.1) is 0 Å². The molecule has 5 nitrogen and oxygen atoms in total. The summed E-state index contributed by atoms with van der Waals surface area (Å²) >= 11 is 0. The van der Waals surface area contributed by atoms with Gasteiger partial charge in [-0.2, -0.15) is 0 Å². The summed E-state index contributed by atoms with van der Waals surface area (Å²) in [6.45, 7) is 4.39. The van der Waals surface area contributed by atoms with Crippen LogP contribution in [0.25, 0.3) is 0 Å². The Morgan fingerprint density at radius 2 is 1.74 bits per heavy atom. The highest BCUT2D eigenvalue weighted by atomic mass is 16.7. The quantitative estimate of drug-likeness (QED) is 0.660. The molecule has 0 aliphatic heterocycles. The Kier molecular flexibility index (Phi) is 6.69. The van der Waals surface area contributed by atoms with Gasteiger partial charge >= 0.3 is 0 Å². The van der Waals surface area contributed by atoms with Crippen molar-refractivity contribution in [3.05, 3.63) is 48.7 Å². The summed E-state index contributed by atoms with van der Waals surface area (Å²) in [6, 6.07) is 13.0. The number of benzene rings is 1. The van der Waals surface area contributed by atoms with Crippen molar-refractivity contribution < 1.29 is 18.9 Å². The maximum atomic E-state index is 5.71. The topological polar surface area (TPSA) is 49.8 Å². The van der Waals surface area contributed by atoms with Gasteiger partial charge in [-0.3, -0.25) is 0 Å². The molecule has 0 aliphatic rings. The fourth-order valence-corrected chi connectivity index (χ4v) is 1.93. The Morgan fingerprint density at radius 3 is 2.35 bits per heavy atom. The average molecular weight is 317 g/mol. The molecule has 2 atom stereocenters. The minimum absolute atomic E-state index is 0.0983. The molecule has 0 bridgehead atoms. The van der Waals surface area contributed by atoms with Crippen LogP contribution in [-0.4, -0.2) is 31.1 Å². The van der Waals surface area contributed by atoms with E-state index in [0.29, 0.717) is 12.5 Å². The van der Waals surface area contributed by atoms with Crippen LogP contribution in [0.5, 0.6) is 17.4 Å². The second-order valence-corrected chi connectivity index (χ2v) is 5.07. The van der Waals surface area contributed by atoms with Crippen LogP contribution in [0.2, 0.25) is 0 Å². The monoisotopic (exact) mass is 317 g/mol. The molecule has 124 valence electrons. The van der Waals surface area contributed by atoms with Gasteiger partial charge in [-0.15, -0.1) is 0 Å². The van der Waals surface area contributed by atoms with Crippen molar-refractivity contribution in [3.63, 3.8) is 0 Å². The Hall–Kier alpha value is -2.27. The molecule has 2 unspecified atom stereocenters. The number of hydrogen-bond acceptors (Lipinski definition) is 5. The minimum atomic E-state index is -0.228. The normalized spacial score (nSPS) is 13.2. The largest absolute Gasteiger partial charge is 0.490 e.